The zero-order chi connectivity index (χ0) is 10.7. The summed E-state index contributed by atoms with van der Waals surface area (Å²) in [6.45, 7) is 7.63. The summed E-state index contributed by atoms with van der Waals surface area (Å²) in [7, 11) is 0. The van der Waals surface area contributed by atoms with E-state index in [-0.39, 0.29) is 0 Å². The third kappa shape index (κ3) is 3.27. The first kappa shape index (κ1) is 12.6. The second-order valence-corrected chi connectivity index (χ2v) is 5.41. The van der Waals surface area contributed by atoms with E-state index in [1.54, 1.807) is 0 Å². The largest absolute Gasteiger partial charge is 0.380 e. The van der Waals surface area contributed by atoms with Gasteiger partial charge in [-0.3, -0.25) is 0 Å². The van der Waals surface area contributed by atoms with Gasteiger partial charge in [0.05, 0.1) is 26.4 Å². The number of rotatable bonds is 2. The summed E-state index contributed by atoms with van der Waals surface area (Å²) in [5.41, 5.74) is 0.614. The smallest absolute Gasteiger partial charge is 0.0553 e. The molecule has 0 aromatic carbocycles. The molecule has 2 saturated heterocycles. The van der Waals surface area contributed by atoms with Crippen LogP contribution in [0.25, 0.3) is 0 Å². The van der Waals surface area contributed by atoms with E-state index >= 15 is 0 Å². The number of alkyl halides is 2. The van der Waals surface area contributed by atoms with Gasteiger partial charge >= 0.3 is 0 Å². The van der Waals surface area contributed by atoms with Crippen molar-refractivity contribution >= 4 is 23.2 Å². The highest BCUT2D eigenvalue weighted by atomic mass is 35.5. The van der Waals surface area contributed by atoms with Crippen molar-refractivity contribution in [1.82, 2.24) is 0 Å². The molecule has 2 heterocycles. The molecule has 2 nitrogen and oxygen atoms in total. The molecule has 0 amide bonds. The Labute approximate surface area is 95.9 Å². The average molecular weight is 241 g/mol. The fourth-order valence-corrected chi connectivity index (χ4v) is 1.36. The van der Waals surface area contributed by atoms with E-state index in [0.29, 0.717) is 10.8 Å². The number of halogens is 2. The third-order valence-corrected chi connectivity index (χ3v) is 3.74. The minimum Gasteiger partial charge on any atom is -0.380 e. The maximum absolute atomic E-state index is 5.56. The lowest BCUT2D eigenvalue weighted by atomic mass is 9.92. The van der Waals surface area contributed by atoms with Crippen molar-refractivity contribution in [3.8, 4) is 0 Å². The molecule has 0 saturated carbocycles. The Balaban J connectivity index is 0.000000140. The molecule has 0 N–H and O–H groups in total. The Morgan fingerprint density at radius 1 is 0.857 bits per heavy atom. The van der Waals surface area contributed by atoms with Crippen LogP contribution >= 0.6 is 23.2 Å². The van der Waals surface area contributed by atoms with Crippen molar-refractivity contribution < 1.29 is 9.47 Å². The Hall–Kier alpha value is 0.500. The molecule has 84 valence electrons. The van der Waals surface area contributed by atoms with Crippen LogP contribution in [0.5, 0.6) is 0 Å². The molecule has 0 bridgehead atoms. The molecule has 0 aromatic rings. The third-order valence-electron chi connectivity index (χ3n) is 2.45. The van der Waals surface area contributed by atoms with E-state index in [1.807, 2.05) is 0 Å². The topological polar surface area (TPSA) is 18.5 Å². The van der Waals surface area contributed by atoms with Gasteiger partial charge in [0.25, 0.3) is 0 Å². The van der Waals surface area contributed by atoms with E-state index in [9.17, 15) is 0 Å². The molecule has 0 aliphatic carbocycles. The van der Waals surface area contributed by atoms with Crippen molar-refractivity contribution in [1.29, 1.82) is 0 Å². The lowest BCUT2D eigenvalue weighted by Crippen LogP contribution is -2.41. The van der Waals surface area contributed by atoms with Crippen LogP contribution in [0.4, 0.5) is 0 Å². The normalized spacial score (nSPS) is 26.6. The van der Waals surface area contributed by atoms with Crippen LogP contribution in [0.2, 0.25) is 0 Å². The number of ether oxygens (including phenoxy) is 2. The molecule has 0 radical (unpaired) electrons. The molecular weight excluding hydrogens is 223 g/mol. The fraction of sp³-hybridized carbons (Fsp3) is 1.00. The number of hydrogen-bond acceptors (Lipinski definition) is 2. The van der Waals surface area contributed by atoms with Crippen LogP contribution in [0, 0.1) is 10.8 Å². The van der Waals surface area contributed by atoms with Gasteiger partial charge in [0.15, 0.2) is 0 Å². The summed E-state index contributed by atoms with van der Waals surface area (Å²) in [4.78, 5) is 0. The van der Waals surface area contributed by atoms with Crippen molar-refractivity contribution in [3.05, 3.63) is 0 Å². The van der Waals surface area contributed by atoms with Crippen LogP contribution in [0.1, 0.15) is 13.8 Å². The Bertz CT molecular complexity index is 146. The van der Waals surface area contributed by atoms with Crippen LogP contribution in [-0.4, -0.2) is 38.2 Å². The molecule has 4 heteroatoms. The van der Waals surface area contributed by atoms with Gasteiger partial charge in [-0.25, -0.2) is 0 Å². The van der Waals surface area contributed by atoms with Gasteiger partial charge in [0.1, 0.15) is 0 Å². The van der Waals surface area contributed by atoms with Crippen LogP contribution < -0.4 is 0 Å². The molecule has 0 aromatic heterocycles. The molecule has 0 unspecified atom stereocenters. The fourth-order valence-electron chi connectivity index (χ4n) is 1.06. The average Bonchev–Trinajstić information content (AvgIpc) is 2.11. The van der Waals surface area contributed by atoms with Crippen molar-refractivity contribution in [3.63, 3.8) is 0 Å². The molecule has 0 spiro atoms. The van der Waals surface area contributed by atoms with Gasteiger partial charge < -0.3 is 9.47 Å². The highest BCUT2D eigenvalue weighted by Gasteiger charge is 2.32. The van der Waals surface area contributed by atoms with Gasteiger partial charge in [-0.05, 0) is 0 Å². The maximum atomic E-state index is 5.56. The van der Waals surface area contributed by atoms with E-state index < -0.39 is 0 Å². The van der Waals surface area contributed by atoms with Gasteiger partial charge in [0, 0.05) is 22.6 Å². The van der Waals surface area contributed by atoms with E-state index in [4.69, 9.17) is 32.7 Å². The summed E-state index contributed by atoms with van der Waals surface area (Å²) in [6, 6.07) is 0. The predicted octanol–water partition coefficient (Wildman–Crippen LogP) is 2.52. The highest BCUT2D eigenvalue weighted by molar-refractivity contribution is 6.18. The monoisotopic (exact) mass is 240 g/mol. The van der Waals surface area contributed by atoms with Crippen LogP contribution in [0.15, 0.2) is 0 Å². The van der Waals surface area contributed by atoms with Crippen LogP contribution in [-0.2, 0) is 9.47 Å². The highest BCUT2D eigenvalue weighted by Crippen LogP contribution is 2.27. The first-order valence-electron chi connectivity index (χ1n) is 4.81. The molecule has 14 heavy (non-hydrogen) atoms. The zero-order valence-electron chi connectivity index (χ0n) is 8.82. The lowest BCUT2D eigenvalue weighted by Gasteiger charge is -2.35. The molecule has 2 fully saturated rings. The second kappa shape index (κ2) is 5.02. The summed E-state index contributed by atoms with van der Waals surface area (Å²) in [5.74, 6) is 1.46. The molecule has 2 rings (SSSR count). The minimum absolute atomic E-state index is 0.307. The summed E-state index contributed by atoms with van der Waals surface area (Å²) in [5, 5.41) is 0. The summed E-state index contributed by atoms with van der Waals surface area (Å²) >= 11 is 11.1. The molecule has 2 aliphatic heterocycles. The van der Waals surface area contributed by atoms with Crippen molar-refractivity contribution in [2.24, 2.45) is 10.8 Å². The SMILES string of the molecule is CC1(CCl)COC1.CC1(CCl)COC1. The van der Waals surface area contributed by atoms with Gasteiger partial charge in [-0.2, -0.15) is 0 Å². The lowest BCUT2D eigenvalue weighted by molar-refractivity contribution is -0.0869. The quantitative estimate of drug-likeness (QED) is 0.691. The zero-order valence-corrected chi connectivity index (χ0v) is 10.3. The second-order valence-electron chi connectivity index (χ2n) is 4.87. The molecule has 0 atom stereocenters. The van der Waals surface area contributed by atoms with E-state index in [0.717, 1.165) is 38.2 Å². The molecular formula is C10H18Cl2O2. The van der Waals surface area contributed by atoms with Gasteiger partial charge in [-0.1, -0.05) is 13.8 Å². The first-order valence-corrected chi connectivity index (χ1v) is 5.88. The first-order chi connectivity index (χ1) is 6.54. The standard InChI is InChI=1S/2C5H9ClO/c2*1-5(2-6)3-7-4-5/h2*2-4H2,1H3. The van der Waals surface area contributed by atoms with Crippen molar-refractivity contribution in [2.45, 2.75) is 13.8 Å². The van der Waals surface area contributed by atoms with E-state index in [2.05, 4.69) is 13.8 Å². The van der Waals surface area contributed by atoms with Gasteiger partial charge in [-0.15, -0.1) is 23.2 Å². The number of hydrogen-bond donors (Lipinski definition) is 0. The van der Waals surface area contributed by atoms with Crippen molar-refractivity contribution in [2.75, 3.05) is 38.2 Å². The Kier molecular flexibility index (Phi) is 4.51. The van der Waals surface area contributed by atoms with E-state index in [1.165, 1.54) is 0 Å². The Morgan fingerprint density at radius 3 is 1.14 bits per heavy atom. The minimum atomic E-state index is 0.307. The predicted molar refractivity (Wildman–Crippen MR) is 59.3 cm³/mol. The Morgan fingerprint density at radius 2 is 1.14 bits per heavy atom. The van der Waals surface area contributed by atoms with Crippen LogP contribution in [0.3, 0.4) is 0 Å². The summed E-state index contributed by atoms with van der Waals surface area (Å²) in [6.07, 6.45) is 0. The summed E-state index contributed by atoms with van der Waals surface area (Å²) < 4.78 is 9.89. The maximum Gasteiger partial charge on any atom is 0.0553 e. The molecule has 2 aliphatic rings. The van der Waals surface area contributed by atoms with Gasteiger partial charge in [0.2, 0.25) is 0 Å².